The third-order valence-corrected chi connectivity index (χ3v) is 6.35. The van der Waals surface area contributed by atoms with Crippen molar-refractivity contribution >= 4 is 33.0 Å². The smallest absolute Gasteiger partial charge is 0.163 e. The fourth-order valence-electron chi connectivity index (χ4n) is 2.12. The van der Waals surface area contributed by atoms with Gasteiger partial charge in [0.25, 0.3) is 0 Å². The Bertz CT molecular complexity index is 659. The molecule has 0 aliphatic heterocycles. The molecular formula is C16H16Cl2O2S. The zero-order chi connectivity index (χ0) is 15.6. The minimum atomic E-state index is -3.36. The number of rotatable bonds is 4. The van der Waals surface area contributed by atoms with Crippen molar-refractivity contribution in [2.24, 2.45) is 0 Å². The van der Waals surface area contributed by atoms with Crippen LogP contribution in [-0.4, -0.2) is 13.7 Å². The molecule has 0 amide bonds. The summed E-state index contributed by atoms with van der Waals surface area (Å²) in [4.78, 5) is 0. The van der Waals surface area contributed by atoms with Crippen LogP contribution in [0.1, 0.15) is 30.2 Å². The molecule has 0 saturated carbocycles. The van der Waals surface area contributed by atoms with Crippen molar-refractivity contribution in [3.8, 4) is 0 Å². The molecule has 0 unspecified atom stereocenters. The molecule has 0 aliphatic rings. The third kappa shape index (κ3) is 3.60. The molecule has 0 radical (unpaired) electrons. The molecule has 0 saturated heterocycles. The van der Waals surface area contributed by atoms with E-state index in [0.29, 0.717) is 21.2 Å². The van der Waals surface area contributed by atoms with Crippen LogP contribution in [0.15, 0.2) is 48.5 Å². The SMILES string of the molecule is CC(C)S(=O)(=O)C(c1ccc(Cl)cc1)c1ccc(Cl)cc1. The molecular weight excluding hydrogens is 327 g/mol. The van der Waals surface area contributed by atoms with Crippen LogP contribution in [0.5, 0.6) is 0 Å². The number of sulfone groups is 1. The molecule has 0 aromatic heterocycles. The first kappa shape index (κ1) is 16.3. The van der Waals surface area contributed by atoms with E-state index >= 15 is 0 Å². The van der Waals surface area contributed by atoms with Gasteiger partial charge in [-0.25, -0.2) is 8.42 Å². The topological polar surface area (TPSA) is 34.1 Å². The van der Waals surface area contributed by atoms with E-state index in [-0.39, 0.29) is 0 Å². The van der Waals surface area contributed by atoms with Crippen molar-refractivity contribution in [1.29, 1.82) is 0 Å². The van der Waals surface area contributed by atoms with Gasteiger partial charge in [0.1, 0.15) is 5.25 Å². The summed E-state index contributed by atoms with van der Waals surface area (Å²) < 4.78 is 25.5. The molecule has 0 heterocycles. The van der Waals surface area contributed by atoms with Crippen LogP contribution >= 0.6 is 23.2 Å². The van der Waals surface area contributed by atoms with Gasteiger partial charge in [-0.3, -0.25) is 0 Å². The molecule has 112 valence electrons. The number of hydrogen-bond acceptors (Lipinski definition) is 2. The summed E-state index contributed by atoms with van der Waals surface area (Å²) in [6.07, 6.45) is 0. The van der Waals surface area contributed by atoms with Crippen molar-refractivity contribution in [1.82, 2.24) is 0 Å². The Morgan fingerprint density at radius 2 is 1.10 bits per heavy atom. The van der Waals surface area contributed by atoms with Crippen molar-refractivity contribution in [2.45, 2.75) is 24.3 Å². The minimum Gasteiger partial charge on any atom is -0.228 e. The van der Waals surface area contributed by atoms with Crippen LogP contribution in [0.4, 0.5) is 0 Å². The molecule has 0 fully saturated rings. The Morgan fingerprint density at radius 3 is 1.38 bits per heavy atom. The highest BCUT2D eigenvalue weighted by molar-refractivity contribution is 7.92. The number of hydrogen-bond donors (Lipinski definition) is 0. The van der Waals surface area contributed by atoms with Crippen molar-refractivity contribution in [3.63, 3.8) is 0 Å². The molecule has 0 bridgehead atoms. The monoisotopic (exact) mass is 342 g/mol. The first-order valence-corrected chi connectivity index (χ1v) is 8.92. The van der Waals surface area contributed by atoms with Gasteiger partial charge >= 0.3 is 0 Å². The van der Waals surface area contributed by atoms with E-state index < -0.39 is 20.3 Å². The van der Waals surface area contributed by atoms with Crippen LogP contribution in [-0.2, 0) is 9.84 Å². The summed E-state index contributed by atoms with van der Waals surface area (Å²) in [5.41, 5.74) is 1.41. The maximum Gasteiger partial charge on any atom is 0.163 e. The summed E-state index contributed by atoms with van der Waals surface area (Å²) in [5.74, 6) is 0. The lowest BCUT2D eigenvalue weighted by atomic mass is 10.0. The summed E-state index contributed by atoms with van der Waals surface area (Å²) in [7, 11) is -3.36. The second-order valence-electron chi connectivity index (χ2n) is 5.12. The van der Waals surface area contributed by atoms with E-state index in [9.17, 15) is 8.42 Å². The van der Waals surface area contributed by atoms with E-state index in [1.54, 1.807) is 62.4 Å². The average Bonchev–Trinajstić information content (AvgIpc) is 2.43. The molecule has 5 heteroatoms. The molecule has 2 aromatic carbocycles. The highest BCUT2D eigenvalue weighted by Gasteiger charge is 2.31. The summed E-state index contributed by atoms with van der Waals surface area (Å²) in [6.45, 7) is 3.38. The van der Waals surface area contributed by atoms with Crippen LogP contribution < -0.4 is 0 Å². The highest BCUT2D eigenvalue weighted by Crippen LogP contribution is 2.34. The molecule has 2 aromatic rings. The molecule has 21 heavy (non-hydrogen) atoms. The number of benzene rings is 2. The summed E-state index contributed by atoms with van der Waals surface area (Å²) in [5, 5.41) is -0.0352. The molecule has 0 atom stereocenters. The lowest BCUT2D eigenvalue weighted by molar-refractivity contribution is 0.580. The second-order valence-corrected chi connectivity index (χ2v) is 8.59. The minimum absolute atomic E-state index is 0.478. The maximum atomic E-state index is 12.7. The van der Waals surface area contributed by atoms with Crippen molar-refractivity contribution in [3.05, 3.63) is 69.7 Å². The Morgan fingerprint density at radius 1 is 0.762 bits per heavy atom. The standard InChI is InChI=1S/C16H16Cl2O2S/c1-11(2)21(19,20)16(12-3-7-14(17)8-4-12)13-5-9-15(18)10-6-13/h3-11,16H,1-2H3. The van der Waals surface area contributed by atoms with Crippen molar-refractivity contribution < 1.29 is 8.42 Å². The summed E-state index contributed by atoms with van der Waals surface area (Å²) in [6, 6.07) is 13.8. The quantitative estimate of drug-likeness (QED) is 0.791. The molecule has 0 N–H and O–H groups in total. The second kappa shape index (κ2) is 6.39. The van der Waals surface area contributed by atoms with Crippen molar-refractivity contribution in [2.75, 3.05) is 0 Å². The normalized spacial score (nSPS) is 12.1. The van der Waals surface area contributed by atoms with Gasteiger partial charge in [-0.05, 0) is 49.2 Å². The molecule has 0 aliphatic carbocycles. The zero-order valence-corrected chi connectivity index (χ0v) is 14.1. The largest absolute Gasteiger partial charge is 0.228 e. The van der Waals surface area contributed by atoms with E-state index in [2.05, 4.69) is 0 Å². The predicted octanol–water partition coefficient (Wildman–Crippen LogP) is 4.91. The maximum absolute atomic E-state index is 12.7. The first-order chi connectivity index (χ1) is 9.82. The Hall–Kier alpha value is -1.03. The van der Waals surface area contributed by atoms with E-state index in [0.717, 1.165) is 0 Å². The van der Waals surface area contributed by atoms with Crippen LogP contribution in [0.2, 0.25) is 10.0 Å². The highest BCUT2D eigenvalue weighted by atomic mass is 35.5. The Kier molecular flexibility index (Phi) is 4.97. The molecule has 0 spiro atoms. The number of halogens is 2. The van der Waals surface area contributed by atoms with E-state index in [1.165, 1.54) is 0 Å². The molecule has 2 nitrogen and oxygen atoms in total. The lowest BCUT2D eigenvalue weighted by Crippen LogP contribution is -2.23. The predicted molar refractivity (Wildman–Crippen MR) is 88.8 cm³/mol. The van der Waals surface area contributed by atoms with Crippen LogP contribution in [0, 0.1) is 0 Å². The Labute approximate surface area is 135 Å². The van der Waals surface area contributed by atoms with Gasteiger partial charge in [0.15, 0.2) is 9.84 Å². The summed E-state index contributed by atoms with van der Waals surface area (Å²) >= 11 is 11.8. The van der Waals surface area contributed by atoms with Crippen LogP contribution in [0.3, 0.4) is 0 Å². The zero-order valence-electron chi connectivity index (χ0n) is 11.8. The van der Waals surface area contributed by atoms with E-state index in [1.807, 2.05) is 0 Å². The van der Waals surface area contributed by atoms with Crippen LogP contribution in [0.25, 0.3) is 0 Å². The van der Waals surface area contributed by atoms with Gasteiger partial charge in [-0.2, -0.15) is 0 Å². The van der Waals surface area contributed by atoms with Gasteiger partial charge in [-0.15, -0.1) is 0 Å². The average molecular weight is 343 g/mol. The Balaban J connectivity index is 2.60. The fourth-order valence-corrected chi connectivity index (χ4v) is 3.99. The third-order valence-electron chi connectivity index (χ3n) is 3.33. The van der Waals surface area contributed by atoms with Gasteiger partial charge < -0.3 is 0 Å². The van der Waals surface area contributed by atoms with Gasteiger partial charge in [-0.1, -0.05) is 47.5 Å². The molecule has 2 rings (SSSR count). The van der Waals surface area contributed by atoms with Gasteiger partial charge in [0, 0.05) is 10.0 Å². The van der Waals surface area contributed by atoms with Gasteiger partial charge in [0.05, 0.1) is 5.25 Å². The lowest BCUT2D eigenvalue weighted by Gasteiger charge is -2.21. The van der Waals surface area contributed by atoms with Gasteiger partial charge in [0.2, 0.25) is 0 Å². The van der Waals surface area contributed by atoms with E-state index in [4.69, 9.17) is 23.2 Å². The fraction of sp³-hybridized carbons (Fsp3) is 0.250. The first-order valence-electron chi connectivity index (χ1n) is 6.56.